The molecule has 42 heavy (non-hydrogen) atoms. The number of carbonyl (C=O) groups excluding carboxylic acids is 3. The van der Waals surface area contributed by atoms with E-state index in [1.54, 1.807) is 54.6 Å². The van der Waals surface area contributed by atoms with Crippen molar-refractivity contribution in [1.29, 1.82) is 0 Å². The molecule has 216 valence electrons. The maximum Gasteiger partial charge on any atom is 0.458 e. The Balaban J connectivity index is 0.00000138. The fourth-order valence-electron chi connectivity index (χ4n) is 3.38. The average Bonchev–Trinajstić information content (AvgIpc) is 3.09. The lowest BCUT2D eigenvalue weighted by atomic mass is 10.2. The first kappa shape index (κ1) is 36.1. The van der Waals surface area contributed by atoms with E-state index in [4.69, 9.17) is 0 Å². The molecular weight excluding hydrogens is 591 g/mol. The summed E-state index contributed by atoms with van der Waals surface area (Å²) in [4.78, 5) is 38.6. The SMILES string of the molecule is CN.CN.CN.O=C(c1ccccc1)[P+](=O)c1cc([P+](=O)C(=O)c2ccccc2)cc([P+](=O)C(=O)c2ccccc2)c1. The van der Waals surface area contributed by atoms with Crippen molar-refractivity contribution in [2.45, 2.75) is 0 Å². The molecule has 0 saturated heterocycles. The molecule has 0 aliphatic rings. The number of nitrogens with two attached hydrogens (primary N) is 3. The van der Waals surface area contributed by atoms with Gasteiger partial charge in [-0.05, 0) is 57.5 Å². The standard InChI is InChI=1S/C27H18O6P3.3CH5N/c28-25(19-10-4-1-5-11-19)34(31)22-16-23(35(32)26(29)20-12-6-2-7-13-20)18-24(17-22)36(33)27(30)21-14-8-3-9-15-21;3*1-2/h1-18H;3*2H2,1H3/q+3;;;. The van der Waals surface area contributed by atoms with E-state index in [0.29, 0.717) is 0 Å². The second kappa shape index (κ2) is 19.2. The lowest BCUT2D eigenvalue weighted by molar-refractivity contribution is 0.107. The minimum absolute atomic E-state index is 0.0558. The molecule has 0 aliphatic carbocycles. The van der Waals surface area contributed by atoms with Gasteiger partial charge in [0.05, 0.1) is 16.7 Å². The van der Waals surface area contributed by atoms with E-state index in [2.05, 4.69) is 17.2 Å². The molecule has 12 heteroatoms. The highest BCUT2D eigenvalue weighted by Gasteiger charge is 2.43. The summed E-state index contributed by atoms with van der Waals surface area (Å²) in [5, 5.41) is -0.167. The molecule has 9 nitrogen and oxygen atoms in total. The summed E-state index contributed by atoms with van der Waals surface area (Å²) in [6, 6.07) is 27.7. The number of rotatable bonds is 9. The van der Waals surface area contributed by atoms with E-state index in [-0.39, 0.29) is 32.6 Å². The van der Waals surface area contributed by atoms with Gasteiger partial charge in [0, 0.05) is 18.2 Å². The van der Waals surface area contributed by atoms with E-state index in [1.807, 2.05) is 0 Å². The van der Waals surface area contributed by atoms with Crippen LogP contribution in [0, 0.1) is 0 Å². The van der Waals surface area contributed by atoms with Gasteiger partial charge in [0.1, 0.15) is 0 Å². The highest BCUT2D eigenvalue weighted by molar-refractivity contribution is 7.74. The van der Waals surface area contributed by atoms with Crippen LogP contribution in [0.15, 0.2) is 109 Å². The van der Waals surface area contributed by atoms with Crippen molar-refractivity contribution in [2.75, 3.05) is 21.1 Å². The summed E-state index contributed by atoms with van der Waals surface area (Å²) in [6.45, 7) is 0. The Bertz CT molecular complexity index is 1340. The summed E-state index contributed by atoms with van der Waals surface area (Å²) in [7, 11) is -3.63. The first-order valence-corrected chi connectivity index (χ1v) is 16.2. The van der Waals surface area contributed by atoms with Crippen LogP contribution in [0.2, 0.25) is 0 Å². The minimum atomic E-state index is -2.71. The van der Waals surface area contributed by atoms with Crippen LogP contribution < -0.4 is 33.1 Å². The molecule has 0 saturated carbocycles. The third-order valence-electron chi connectivity index (χ3n) is 5.21. The average molecular weight is 625 g/mol. The summed E-state index contributed by atoms with van der Waals surface area (Å²) < 4.78 is 39.6. The van der Waals surface area contributed by atoms with Crippen molar-refractivity contribution in [3.8, 4) is 0 Å². The van der Waals surface area contributed by atoms with Crippen LogP contribution in [0.3, 0.4) is 0 Å². The van der Waals surface area contributed by atoms with Gasteiger partial charge in [-0.2, -0.15) is 0 Å². The molecule has 0 fully saturated rings. The first-order chi connectivity index (χ1) is 20.4. The molecule has 4 aromatic rings. The quantitative estimate of drug-likeness (QED) is 0.229. The van der Waals surface area contributed by atoms with Gasteiger partial charge in [0.2, 0.25) is 15.9 Å². The fraction of sp³-hybridized carbons (Fsp3) is 0.100. The summed E-state index contributed by atoms with van der Waals surface area (Å²) in [6.07, 6.45) is 0. The second-order valence-electron chi connectivity index (χ2n) is 7.60. The zero-order valence-corrected chi connectivity index (χ0v) is 26.1. The Morgan fingerprint density at radius 3 is 0.786 bits per heavy atom. The van der Waals surface area contributed by atoms with E-state index >= 15 is 0 Å². The number of benzene rings is 4. The van der Waals surface area contributed by atoms with Gasteiger partial charge in [0.15, 0.2) is 0 Å². The van der Waals surface area contributed by atoms with E-state index in [9.17, 15) is 28.1 Å². The van der Waals surface area contributed by atoms with Gasteiger partial charge >= 0.3 is 40.0 Å². The van der Waals surface area contributed by atoms with Gasteiger partial charge in [-0.15, -0.1) is 0 Å². The third-order valence-corrected chi connectivity index (χ3v) is 9.27. The number of hydrogen-bond donors (Lipinski definition) is 3. The van der Waals surface area contributed by atoms with Gasteiger partial charge in [0.25, 0.3) is 0 Å². The van der Waals surface area contributed by atoms with Gasteiger partial charge in [-0.3, -0.25) is 0 Å². The van der Waals surface area contributed by atoms with Crippen molar-refractivity contribution in [1.82, 2.24) is 0 Å². The third kappa shape index (κ3) is 9.57. The molecule has 0 aliphatic heterocycles. The molecule has 6 N–H and O–H groups in total. The lowest BCUT2D eigenvalue weighted by Gasteiger charge is -1.95. The Labute approximate surface area is 247 Å². The summed E-state index contributed by atoms with van der Waals surface area (Å²) in [5.74, 6) is 0. The molecule has 0 spiro atoms. The smallest absolute Gasteiger partial charge is 0.333 e. The van der Waals surface area contributed by atoms with Crippen LogP contribution >= 0.6 is 23.4 Å². The van der Waals surface area contributed by atoms with Crippen molar-refractivity contribution in [3.05, 3.63) is 126 Å². The van der Waals surface area contributed by atoms with Crippen LogP contribution in [0.5, 0.6) is 0 Å². The zero-order chi connectivity index (χ0) is 31.7. The van der Waals surface area contributed by atoms with Crippen molar-refractivity contribution in [3.63, 3.8) is 0 Å². The van der Waals surface area contributed by atoms with Gasteiger partial charge in [-0.25, -0.2) is 14.4 Å². The highest BCUT2D eigenvalue weighted by atomic mass is 31.1. The van der Waals surface area contributed by atoms with E-state index in [1.165, 1.54) is 75.7 Å². The normalized spacial score (nSPS) is 10.6. The lowest BCUT2D eigenvalue weighted by Crippen LogP contribution is -2.20. The maximum absolute atomic E-state index is 13.2. The fourth-order valence-corrected chi connectivity index (χ4v) is 7.07. The first-order valence-electron chi connectivity index (χ1n) is 12.4. The summed E-state index contributed by atoms with van der Waals surface area (Å²) in [5.41, 5.74) is 12.1. The molecule has 0 aromatic heterocycles. The predicted molar refractivity (Wildman–Crippen MR) is 171 cm³/mol. The topological polar surface area (TPSA) is 180 Å². The molecule has 0 bridgehead atoms. The number of hydrogen-bond acceptors (Lipinski definition) is 9. The molecule has 3 unspecified atom stereocenters. The molecule has 4 aromatic carbocycles. The van der Waals surface area contributed by atoms with E-state index < -0.39 is 40.0 Å². The van der Waals surface area contributed by atoms with Crippen molar-refractivity contribution < 1.29 is 28.1 Å². The maximum atomic E-state index is 13.2. The Morgan fingerprint density at radius 1 is 0.405 bits per heavy atom. The van der Waals surface area contributed by atoms with Crippen LogP contribution in [0.4, 0.5) is 0 Å². The van der Waals surface area contributed by atoms with Crippen LogP contribution in [-0.2, 0) is 13.7 Å². The minimum Gasteiger partial charge on any atom is -0.333 e. The summed E-state index contributed by atoms with van der Waals surface area (Å²) >= 11 is 0. The predicted octanol–water partition coefficient (Wildman–Crippen LogP) is 4.29. The molecule has 0 heterocycles. The second-order valence-corrected chi connectivity index (χ2v) is 12.1. The highest BCUT2D eigenvalue weighted by Crippen LogP contribution is 2.32. The van der Waals surface area contributed by atoms with Crippen molar-refractivity contribution >= 4 is 55.9 Å². The molecule has 0 radical (unpaired) electrons. The van der Waals surface area contributed by atoms with Gasteiger partial charge < -0.3 is 17.2 Å². The molecular formula is C30H33N3O6P3+3. The Kier molecular flexibility index (Phi) is 16.5. The molecule has 3 atom stereocenters. The van der Waals surface area contributed by atoms with Crippen LogP contribution in [-0.4, -0.2) is 37.7 Å². The Hall–Kier alpha value is -3.93. The molecule has 0 amide bonds. The number of carbonyl (C=O) groups is 3. The molecule has 4 rings (SSSR count). The van der Waals surface area contributed by atoms with Crippen LogP contribution in [0.25, 0.3) is 0 Å². The zero-order valence-electron chi connectivity index (χ0n) is 23.4. The van der Waals surface area contributed by atoms with Crippen LogP contribution in [0.1, 0.15) is 31.1 Å². The van der Waals surface area contributed by atoms with E-state index in [0.717, 1.165) is 0 Å². The Morgan fingerprint density at radius 2 is 0.595 bits per heavy atom. The van der Waals surface area contributed by atoms with Crippen molar-refractivity contribution in [2.24, 2.45) is 17.2 Å². The van der Waals surface area contributed by atoms with Gasteiger partial charge in [-0.1, -0.05) is 68.3 Å². The largest absolute Gasteiger partial charge is 0.458 e. The monoisotopic (exact) mass is 624 g/mol.